The molecule has 0 saturated heterocycles. The van der Waals surface area contributed by atoms with E-state index >= 15 is 0 Å². The number of rotatable bonds is 4. The number of benzene rings is 1. The maximum atomic E-state index is 12.3. The molecule has 3 rings (SSSR count). The van der Waals surface area contributed by atoms with Crippen LogP contribution in [0.3, 0.4) is 0 Å². The first-order valence-electron chi connectivity index (χ1n) is 8.01. The standard InChI is InChI=1S/C17H20N4O3/c1-11(2)16-18-15-6-7-20(10-14(15)17(22)19-16)9-12-4-3-5-13(8-12)21(23)24/h3-5,8,11H,6-7,9-10H2,1-2H3,(H,18,19,22). The lowest BCUT2D eigenvalue weighted by atomic mass is 10.0. The van der Waals surface area contributed by atoms with Crippen molar-refractivity contribution in [3.8, 4) is 0 Å². The SMILES string of the molecule is CC(C)c1nc2c(c(=O)[nH]1)CN(Cc1cccc([N+](=O)[O-])c1)CC2. The Morgan fingerprint density at radius 2 is 2.21 bits per heavy atom. The van der Waals surface area contributed by atoms with Gasteiger partial charge in [0.1, 0.15) is 5.82 Å². The van der Waals surface area contributed by atoms with Crippen LogP contribution in [0.4, 0.5) is 5.69 Å². The zero-order valence-electron chi connectivity index (χ0n) is 13.8. The van der Waals surface area contributed by atoms with E-state index in [2.05, 4.69) is 14.9 Å². The molecule has 24 heavy (non-hydrogen) atoms. The first kappa shape index (κ1) is 16.3. The highest BCUT2D eigenvalue weighted by Gasteiger charge is 2.22. The molecule has 7 nitrogen and oxygen atoms in total. The monoisotopic (exact) mass is 328 g/mol. The molecule has 126 valence electrons. The Balaban J connectivity index is 1.79. The van der Waals surface area contributed by atoms with Crippen LogP contribution < -0.4 is 5.56 Å². The van der Waals surface area contributed by atoms with Crippen molar-refractivity contribution in [3.63, 3.8) is 0 Å². The summed E-state index contributed by atoms with van der Waals surface area (Å²) in [5.74, 6) is 0.914. The van der Waals surface area contributed by atoms with Gasteiger partial charge in [0.25, 0.3) is 11.2 Å². The predicted octanol–water partition coefficient (Wildman–Crippen LogP) is 2.36. The van der Waals surface area contributed by atoms with Crippen molar-refractivity contribution in [2.45, 2.75) is 39.3 Å². The molecule has 0 unspecified atom stereocenters. The zero-order valence-corrected chi connectivity index (χ0v) is 13.8. The van der Waals surface area contributed by atoms with Crippen LogP contribution in [0, 0.1) is 10.1 Å². The lowest BCUT2D eigenvalue weighted by Crippen LogP contribution is -2.35. The van der Waals surface area contributed by atoms with Crippen molar-refractivity contribution in [3.05, 3.63) is 67.4 Å². The quantitative estimate of drug-likeness (QED) is 0.687. The molecule has 0 spiro atoms. The van der Waals surface area contributed by atoms with Crippen LogP contribution in [0.25, 0.3) is 0 Å². The zero-order chi connectivity index (χ0) is 17.3. The highest BCUT2D eigenvalue weighted by atomic mass is 16.6. The van der Waals surface area contributed by atoms with Gasteiger partial charge in [-0.1, -0.05) is 26.0 Å². The van der Waals surface area contributed by atoms with E-state index in [1.54, 1.807) is 12.1 Å². The highest BCUT2D eigenvalue weighted by molar-refractivity contribution is 5.34. The molecule has 2 heterocycles. The van der Waals surface area contributed by atoms with Gasteiger partial charge in [-0.05, 0) is 5.56 Å². The summed E-state index contributed by atoms with van der Waals surface area (Å²) in [6, 6.07) is 6.62. The Morgan fingerprint density at radius 3 is 2.92 bits per heavy atom. The maximum absolute atomic E-state index is 12.3. The van der Waals surface area contributed by atoms with Crippen molar-refractivity contribution in [2.75, 3.05) is 6.54 Å². The lowest BCUT2D eigenvalue weighted by Gasteiger charge is -2.27. The average Bonchev–Trinajstić information content (AvgIpc) is 2.55. The summed E-state index contributed by atoms with van der Waals surface area (Å²) in [5.41, 5.74) is 2.46. The van der Waals surface area contributed by atoms with E-state index in [1.165, 1.54) is 6.07 Å². The second-order valence-corrected chi connectivity index (χ2v) is 6.42. The Bertz CT molecular complexity index is 829. The molecule has 0 aliphatic carbocycles. The minimum absolute atomic E-state index is 0.0764. The normalized spacial score (nSPS) is 14.6. The molecule has 0 atom stereocenters. The molecule has 0 saturated carbocycles. The number of H-pyrrole nitrogens is 1. The van der Waals surface area contributed by atoms with Crippen LogP contribution in [-0.2, 0) is 19.5 Å². The maximum Gasteiger partial charge on any atom is 0.269 e. The number of hydrogen-bond donors (Lipinski definition) is 1. The summed E-state index contributed by atoms with van der Waals surface area (Å²) in [4.78, 5) is 32.4. The van der Waals surface area contributed by atoms with Gasteiger partial charge in [-0.3, -0.25) is 19.8 Å². The van der Waals surface area contributed by atoms with E-state index in [1.807, 2.05) is 19.9 Å². The molecular weight excluding hydrogens is 308 g/mol. The van der Waals surface area contributed by atoms with E-state index < -0.39 is 4.92 Å². The number of aromatic nitrogens is 2. The number of aromatic amines is 1. The number of fused-ring (bicyclic) bond motifs is 1. The molecule has 0 fully saturated rings. The van der Waals surface area contributed by atoms with Crippen molar-refractivity contribution >= 4 is 5.69 Å². The average molecular weight is 328 g/mol. The van der Waals surface area contributed by atoms with Gasteiger partial charge in [0.05, 0.1) is 16.2 Å². The molecule has 1 N–H and O–H groups in total. The summed E-state index contributed by atoms with van der Waals surface area (Å²) >= 11 is 0. The molecule has 1 aliphatic heterocycles. The summed E-state index contributed by atoms with van der Waals surface area (Å²) in [5, 5.41) is 10.9. The molecule has 1 aromatic heterocycles. The van der Waals surface area contributed by atoms with Crippen molar-refractivity contribution < 1.29 is 4.92 Å². The topological polar surface area (TPSA) is 92.1 Å². The number of nitro benzene ring substituents is 1. The first-order valence-corrected chi connectivity index (χ1v) is 8.01. The Labute approximate surface area is 139 Å². The third kappa shape index (κ3) is 3.35. The minimum Gasteiger partial charge on any atom is -0.310 e. The fourth-order valence-electron chi connectivity index (χ4n) is 2.94. The Kier molecular flexibility index (Phi) is 4.44. The first-order chi connectivity index (χ1) is 11.4. The summed E-state index contributed by atoms with van der Waals surface area (Å²) < 4.78 is 0. The third-order valence-corrected chi connectivity index (χ3v) is 4.24. The van der Waals surface area contributed by atoms with E-state index in [4.69, 9.17) is 0 Å². The van der Waals surface area contributed by atoms with Crippen molar-refractivity contribution in [1.82, 2.24) is 14.9 Å². The summed E-state index contributed by atoms with van der Waals surface area (Å²) in [7, 11) is 0. The fourth-order valence-corrected chi connectivity index (χ4v) is 2.94. The van der Waals surface area contributed by atoms with Crippen molar-refractivity contribution in [1.29, 1.82) is 0 Å². The van der Waals surface area contributed by atoms with E-state index in [0.29, 0.717) is 25.1 Å². The molecule has 0 amide bonds. The molecule has 0 bridgehead atoms. The number of nitro groups is 1. The van der Waals surface area contributed by atoms with Gasteiger partial charge in [-0.25, -0.2) is 4.98 Å². The summed E-state index contributed by atoms with van der Waals surface area (Å²) in [6.07, 6.45) is 0.716. The van der Waals surface area contributed by atoms with E-state index in [9.17, 15) is 14.9 Å². The van der Waals surface area contributed by atoms with Crippen molar-refractivity contribution in [2.24, 2.45) is 0 Å². The van der Waals surface area contributed by atoms with Gasteiger partial charge >= 0.3 is 0 Å². The van der Waals surface area contributed by atoms with Crippen LogP contribution in [0.5, 0.6) is 0 Å². The summed E-state index contributed by atoms with van der Waals surface area (Å²) in [6.45, 7) is 5.87. The second kappa shape index (κ2) is 6.52. The smallest absolute Gasteiger partial charge is 0.269 e. The second-order valence-electron chi connectivity index (χ2n) is 6.42. The van der Waals surface area contributed by atoms with Crippen LogP contribution in [0.2, 0.25) is 0 Å². The van der Waals surface area contributed by atoms with Crippen LogP contribution in [0.1, 0.15) is 42.4 Å². The lowest BCUT2D eigenvalue weighted by molar-refractivity contribution is -0.384. The fraction of sp³-hybridized carbons (Fsp3) is 0.412. The van der Waals surface area contributed by atoms with Gasteiger partial charge in [0.15, 0.2) is 0 Å². The molecule has 1 aliphatic rings. The minimum atomic E-state index is -0.392. The number of hydrogen-bond acceptors (Lipinski definition) is 5. The van der Waals surface area contributed by atoms with Crippen LogP contribution in [0.15, 0.2) is 29.1 Å². The van der Waals surface area contributed by atoms with Gasteiger partial charge < -0.3 is 4.98 Å². The highest BCUT2D eigenvalue weighted by Crippen LogP contribution is 2.20. The molecule has 2 aromatic rings. The molecular formula is C17H20N4O3. The van der Waals surface area contributed by atoms with E-state index in [-0.39, 0.29) is 17.2 Å². The van der Waals surface area contributed by atoms with Gasteiger partial charge in [0.2, 0.25) is 0 Å². The number of nitrogens with one attached hydrogen (secondary N) is 1. The number of nitrogens with zero attached hydrogens (tertiary/aromatic N) is 3. The largest absolute Gasteiger partial charge is 0.310 e. The molecule has 7 heteroatoms. The molecule has 1 aromatic carbocycles. The van der Waals surface area contributed by atoms with Crippen LogP contribution >= 0.6 is 0 Å². The third-order valence-electron chi connectivity index (χ3n) is 4.24. The van der Waals surface area contributed by atoms with Gasteiger partial charge in [0, 0.05) is 44.1 Å². The van der Waals surface area contributed by atoms with Crippen LogP contribution in [-0.4, -0.2) is 26.3 Å². The predicted molar refractivity (Wildman–Crippen MR) is 89.9 cm³/mol. The molecule has 0 radical (unpaired) electrons. The Morgan fingerprint density at radius 1 is 1.42 bits per heavy atom. The number of non-ortho nitro benzene ring substituents is 1. The Hall–Kier alpha value is -2.54. The van der Waals surface area contributed by atoms with Gasteiger partial charge in [-0.15, -0.1) is 0 Å². The van der Waals surface area contributed by atoms with Gasteiger partial charge in [-0.2, -0.15) is 0 Å². The van der Waals surface area contributed by atoms with E-state index in [0.717, 1.165) is 23.6 Å².